The Morgan fingerprint density at radius 3 is 2.91 bits per heavy atom. The maximum atomic E-state index is 13.5. The van der Waals surface area contributed by atoms with E-state index in [1.54, 1.807) is 19.2 Å². The van der Waals surface area contributed by atoms with E-state index in [2.05, 4.69) is 10.3 Å². The van der Waals surface area contributed by atoms with E-state index in [0.29, 0.717) is 36.5 Å². The van der Waals surface area contributed by atoms with Crippen molar-refractivity contribution >= 4 is 34.8 Å². The predicted molar refractivity (Wildman–Crippen MR) is 90.2 cm³/mol. The largest absolute Gasteiger partial charge is 0.330 e. The quantitative estimate of drug-likeness (QED) is 0.845. The van der Waals surface area contributed by atoms with Gasteiger partial charge in [-0.3, -0.25) is 4.79 Å². The van der Waals surface area contributed by atoms with Crippen LogP contribution >= 0.6 is 23.7 Å². The number of carbonyl (C=O) groups is 1. The first-order chi connectivity index (χ1) is 10.1. The van der Waals surface area contributed by atoms with E-state index in [1.807, 2.05) is 6.07 Å². The molecule has 0 saturated heterocycles. The van der Waals surface area contributed by atoms with Gasteiger partial charge < -0.3 is 11.1 Å². The van der Waals surface area contributed by atoms with Crippen molar-refractivity contribution in [3.8, 4) is 0 Å². The van der Waals surface area contributed by atoms with Crippen LogP contribution in [0.4, 0.5) is 9.52 Å². The number of halogens is 2. The number of hydrogen-bond donors (Lipinski definition) is 2. The standard InChI is InChI=1S/C15H18FN3OS.ClH/c1-10-4-5-11(8-13(10)16)7-12-9-18-15(21-12)19-14(20)3-2-6-17;/h4-5,8-9H,2-3,6-7,17H2,1H3,(H,18,19,20);1H. The molecule has 1 amide bonds. The molecule has 1 heterocycles. The highest BCUT2D eigenvalue weighted by molar-refractivity contribution is 7.15. The van der Waals surface area contributed by atoms with E-state index >= 15 is 0 Å². The van der Waals surface area contributed by atoms with Crippen LogP contribution in [0.2, 0.25) is 0 Å². The summed E-state index contributed by atoms with van der Waals surface area (Å²) in [6, 6.07) is 5.20. The summed E-state index contributed by atoms with van der Waals surface area (Å²) in [5.74, 6) is -0.282. The second kappa shape index (κ2) is 8.82. The number of nitrogens with zero attached hydrogens (tertiary/aromatic N) is 1. The van der Waals surface area contributed by atoms with Gasteiger partial charge in [-0.05, 0) is 37.1 Å². The number of benzene rings is 1. The molecule has 120 valence electrons. The molecule has 0 fully saturated rings. The molecule has 0 radical (unpaired) electrons. The molecule has 0 spiro atoms. The fourth-order valence-electron chi connectivity index (χ4n) is 1.84. The van der Waals surface area contributed by atoms with Crippen LogP contribution in [0.1, 0.15) is 28.8 Å². The first kappa shape index (κ1) is 18.5. The summed E-state index contributed by atoms with van der Waals surface area (Å²) >= 11 is 1.40. The van der Waals surface area contributed by atoms with E-state index in [-0.39, 0.29) is 24.1 Å². The van der Waals surface area contributed by atoms with Gasteiger partial charge in [0.25, 0.3) is 0 Å². The van der Waals surface area contributed by atoms with Gasteiger partial charge in [-0.2, -0.15) is 0 Å². The SMILES string of the molecule is Cc1ccc(Cc2cnc(NC(=O)CCCN)s2)cc1F.Cl. The van der Waals surface area contributed by atoms with Crippen LogP contribution in [-0.2, 0) is 11.2 Å². The van der Waals surface area contributed by atoms with Crippen LogP contribution in [-0.4, -0.2) is 17.4 Å². The van der Waals surface area contributed by atoms with Gasteiger partial charge in [0.2, 0.25) is 5.91 Å². The first-order valence-corrected chi connectivity index (χ1v) is 7.60. The number of rotatable bonds is 6. The molecule has 4 nitrogen and oxygen atoms in total. The van der Waals surface area contributed by atoms with Crippen molar-refractivity contribution in [1.82, 2.24) is 4.98 Å². The molecular weight excluding hydrogens is 325 g/mol. The van der Waals surface area contributed by atoms with Crippen LogP contribution in [0.25, 0.3) is 0 Å². The fourth-order valence-corrected chi connectivity index (χ4v) is 2.70. The summed E-state index contributed by atoms with van der Waals surface area (Å²) in [6.07, 6.45) is 3.37. The van der Waals surface area contributed by atoms with Crippen LogP contribution in [0.3, 0.4) is 0 Å². The highest BCUT2D eigenvalue weighted by Crippen LogP contribution is 2.22. The fraction of sp³-hybridized carbons (Fsp3) is 0.333. The van der Waals surface area contributed by atoms with E-state index in [0.717, 1.165) is 10.4 Å². The van der Waals surface area contributed by atoms with Gasteiger partial charge in [0.1, 0.15) is 5.82 Å². The monoisotopic (exact) mass is 343 g/mol. The Bertz CT molecular complexity index is 633. The van der Waals surface area contributed by atoms with E-state index in [1.165, 1.54) is 17.4 Å². The van der Waals surface area contributed by atoms with Crippen molar-refractivity contribution in [2.45, 2.75) is 26.2 Å². The minimum atomic E-state index is -0.202. The van der Waals surface area contributed by atoms with Crippen LogP contribution in [0.15, 0.2) is 24.4 Å². The molecule has 2 rings (SSSR count). The molecule has 0 bridgehead atoms. The number of aryl methyl sites for hydroxylation is 1. The van der Waals surface area contributed by atoms with E-state index in [9.17, 15) is 9.18 Å². The molecule has 0 aliphatic rings. The first-order valence-electron chi connectivity index (χ1n) is 6.78. The third-order valence-corrected chi connectivity index (χ3v) is 3.94. The van der Waals surface area contributed by atoms with Crippen LogP contribution in [0, 0.1) is 12.7 Å². The smallest absolute Gasteiger partial charge is 0.226 e. The van der Waals surface area contributed by atoms with Crippen LogP contribution < -0.4 is 11.1 Å². The van der Waals surface area contributed by atoms with Crippen molar-refractivity contribution in [3.05, 3.63) is 46.2 Å². The lowest BCUT2D eigenvalue weighted by atomic mass is 10.1. The number of anilines is 1. The Hall–Kier alpha value is -1.50. The van der Waals surface area contributed by atoms with Gasteiger partial charge in [0.05, 0.1) is 0 Å². The Morgan fingerprint density at radius 1 is 1.45 bits per heavy atom. The zero-order valence-corrected chi connectivity index (χ0v) is 13.9. The molecule has 7 heteroatoms. The van der Waals surface area contributed by atoms with Crippen molar-refractivity contribution in [2.75, 3.05) is 11.9 Å². The molecule has 2 aromatic rings. The number of nitrogens with one attached hydrogen (secondary N) is 1. The number of aromatic nitrogens is 1. The summed E-state index contributed by atoms with van der Waals surface area (Å²) in [5.41, 5.74) is 6.89. The molecule has 0 unspecified atom stereocenters. The topological polar surface area (TPSA) is 68.0 Å². The highest BCUT2D eigenvalue weighted by atomic mass is 35.5. The summed E-state index contributed by atoms with van der Waals surface area (Å²) in [6.45, 7) is 2.23. The molecule has 0 saturated carbocycles. The molecular formula is C15H19ClFN3OS. The summed E-state index contributed by atoms with van der Waals surface area (Å²) in [4.78, 5) is 16.7. The number of amides is 1. The summed E-state index contributed by atoms with van der Waals surface area (Å²) in [5, 5.41) is 3.31. The van der Waals surface area contributed by atoms with Gasteiger partial charge in [-0.15, -0.1) is 23.7 Å². The predicted octanol–water partition coefficient (Wildman–Crippen LogP) is 3.28. The van der Waals surface area contributed by atoms with Gasteiger partial charge in [0, 0.05) is 23.9 Å². The summed E-state index contributed by atoms with van der Waals surface area (Å²) in [7, 11) is 0. The minimum absolute atomic E-state index is 0. The number of thiazole rings is 1. The van der Waals surface area contributed by atoms with Crippen molar-refractivity contribution in [1.29, 1.82) is 0 Å². The Morgan fingerprint density at radius 2 is 2.23 bits per heavy atom. The number of nitrogens with two attached hydrogens (primary N) is 1. The molecule has 0 aliphatic heterocycles. The van der Waals surface area contributed by atoms with Crippen LogP contribution in [0.5, 0.6) is 0 Å². The lowest BCUT2D eigenvalue weighted by Crippen LogP contribution is -2.13. The van der Waals surface area contributed by atoms with Crippen molar-refractivity contribution in [3.63, 3.8) is 0 Å². The molecule has 0 atom stereocenters. The normalized spacial score (nSPS) is 10.1. The Kier molecular flexibility index (Phi) is 7.44. The zero-order chi connectivity index (χ0) is 15.2. The maximum absolute atomic E-state index is 13.5. The Labute approximate surface area is 139 Å². The lowest BCUT2D eigenvalue weighted by Gasteiger charge is -2.01. The number of carbonyl (C=O) groups excluding carboxylic acids is 1. The molecule has 22 heavy (non-hydrogen) atoms. The molecule has 1 aromatic heterocycles. The zero-order valence-electron chi connectivity index (χ0n) is 12.3. The molecule has 1 aromatic carbocycles. The van der Waals surface area contributed by atoms with Crippen molar-refractivity contribution in [2.24, 2.45) is 5.73 Å². The van der Waals surface area contributed by atoms with Gasteiger partial charge in [-0.1, -0.05) is 12.1 Å². The highest BCUT2D eigenvalue weighted by Gasteiger charge is 2.08. The summed E-state index contributed by atoms with van der Waals surface area (Å²) < 4.78 is 13.5. The van der Waals surface area contributed by atoms with E-state index < -0.39 is 0 Å². The van der Waals surface area contributed by atoms with E-state index in [4.69, 9.17) is 5.73 Å². The average molecular weight is 344 g/mol. The van der Waals surface area contributed by atoms with Gasteiger partial charge in [-0.25, -0.2) is 9.37 Å². The average Bonchev–Trinajstić information content (AvgIpc) is 2.88. The second-order valence-electron chi connectivity index (χ2n) is 4.83. The third kappa shape index (κ3) is 5.36. The lowest BCUT2D eigenvalue weighted by molar-refractivity contribution is -0.116. The number of hydrogen-bond acceptors (Lipinski definition) is 4. The third-order valence-electron chi connectivity index (χ3n) is 3.02. The molecule has 0 aliphatic carbocycles. The maximum Gasteiger partial charge on any atom is 0.226 e. The van der Waals surface area contributed by atoms with Gasteiger partial charge in [0.15, 0.2) is 5.13 Å². The minimum Gasteiger partial charge on any atom is -0.330 e. The van der Waals surface area contributed by atoms with Crippen molar-refractivity contribution < 1.29 is 9.18 Å². The molecule has 3 N–H and O–H groups in total. The Balaban J connectivity index is 0.00000242. The second-order valence-corrected chi connectivity index (χ2v) is 5.95. The van der Waals surface area contributed by atoms with Gasteiger partial charge >= 0.3 is 0 Å².